The van der Waals surface area contributed by atoms with Gasteiger partial charge in [0.25, 0.3) is 0 Å². The van der Waals surface area contributed by atoms with Crippen LogP contribution in [0.1, 0.15) is 29.5 Å². The Morgan fingerprint density at radius 2 is 2.00 bits per heavy atom. The number of ether oxygens (including phenoxy) is 1. The van der Waals surface area contributed by atoms with Gasteiger partial charge in [-0.1, -0.05) is 23.8 Å². The van der Waals surface area contributed by atoms with Gasteiger partial charge in [-0.05, 0) is 44.2 Å². The van der Waals surface area contributed by atoms with E-state index in [1.807, 2.05) is 0 Å². The topological polar surface area (TPSA) is 46.5 Å². The van der Waals surface area contributed by atoms with Crippen molar-refractivity contribution in [2.75, 3.05) is 13.2 Å². The number of aliphatic carboxylic acids is 1. The SMILES string of the molecule is Cc1ccc(CC2(C(=O)O)CCOCC2)c(C)c1. The zero-order chi connectivity index (χ0) is 13.2. The molecule has 0 aliphatic carbocycles. The van der Waals surface area contributed by atoms with Crippen molar-refractivity contribution in [3.8, 4) is 0 Å². The highest BCUT2D eigenvalue weighted by molar-refractivity contribution is 5.75. The van der Waals surface area contributed by atoms with Crippen LogP contribution in [-0.2, 0) is 16.0 Å². The molecule has 2 rings (SSSR count). The molecule has 98 valence electrons. The summed E-state index contributed by atoms with van der Waals surface area (Å²) in [5, 5.41) is 9.54. The summed E-state index contributed by atoms with van der Waals surface area (Å²) in [6.07, 6.45) is 1.82. The molecule has 18 heavy (non-hydrogen) atoms. The Hall–Kier alpha value is -1.35. The van der Waals surface area contributed by atoms with Gasteiger partial charge >= 0.3 is 5.97 Å². The lowest BCUT2D eigenvalue weighted by molar-refractivity contribution is -0.154. The van der Waals surface area contributed by atoms with Gasteiger partial charge in [0, 0.05) is 13.2 Å². The molecule has 1 aromatic carbocycles. The monoisotopic (exact) mass is 248 g/mol. The summed E-state index contributed by atoms with van der Waals surface area (Å²) in [5.41, 5.74) is 2.90. The zero-order valence-corrected chi connectivity index (χ0v) is 11.0. The van der Waals surface area contributed by atoms with E-state index in [-0.39, 0.29) is 0 Å². The lowest BCUT2D eigenvalue weighted by Gasteiger charge is -2.33. The highest BCUT2D eigenvalue weighted by atomic mass is 16.5. The molecule has 1 heterocycles. The van der Waals surface area contributed by atoms with Gasteiger partial charge in [0.15, 0.2) is 0 Å². The summed E-state index contributed by atoms with van der Waals surface area (Å²) >= 11 is 0. The van der Waals surface area contributed by atoms with Gasteiger partial charge in [0.05, 0.1) is 5.41 Å². The summed E-state index contributed by atoms with van der Waals surface area (Å²) in [7, 11) is 0. The number of hydrogen-bond donors (Lipinski definition) is 1. The van der Waals surface area contributed by atoms with Crippen molar-refractivity contribution in [2.24, 2.45) is 5.41 Å². The smallest absolute Gasteiger partial charge is 0.310 e. The fourth-order valence-electron chi connectivity index (χ4n) is 2.64. The predicted octanol–water partition coefficient (Wildman–Crippen LogP) is 2.73. The second-order valence-corrected chi connectivity index (χ2v) is 5.30. The van der Waals surface area contributed by atoms with E-state index in [4.69, 9.17) is 4.74 Å². The molecular weight excluding hydrogens is 228 g/mol. The summed E-state index contributed by atoms with van der Waals surface area (Å²) in [6.45, 7) is 5.21. The Balaban J connectivity index is 2.26. The van der Waals surface area contributed by atoms with E-state index >= 15 is 0 Å². The van der Waals surface area contributed by atoms with Gasteiger partial charge in [-0.25, -0.2) is 0 Å². The molecule has 0 radical (unpaired) electrons. The van der Waals surface area contributed by atoms with Gasteiger partial charge in [-0.15, -0.1) is 0 Å². The maximum atomic E-state index is 11.6. The van der Waals surface area contributed by atoms with Crippen molar-refractivity contribution in [1.29, 1.82) is 0 Å². The molecule has 0 atom stereocenters. The third-order valence-electron chi connectivity index (χ3n) is 3.93. The molecule has 3 heteroatoms. The number of rotatable bonds is 3. The summed E-state index contributed by atoms with van der Waals surface area (Å²) in [5.74, 6) is -0.689. The largest absolute Gasteiger partial charge is 0.481 e. The number of carboxylic acid groups (broad SMARTS) is 1. The minimum absolute atomic E-state index is 0.553. The molecular formula is C15H20O3. The van der Waals surface area contributed by atoms with Crippen molar-refractivity contribution in [1.82, 2.24) is 0 Å². The first kappa shape index (κ1) is 13.1. The first-order chi connectivity index (χ1) is 8.53. The summed E-state index contributed by atoms with van der Waals surface area (Å²) < 4.78 is 5.30. The molecule has 1 saturated heterocycles. The maximum absolute atomic E-state index is 11.6. The fraction of sp³-hybridized carbons (Fsp3) is 0.533. The number of carbonyl (C=O) groups is 1. The van der Waals surface area contributed by atoms with Crippen LogP contribution in [0, 0.1) is 19.3 Å². The standard InChI is InChI=1S/C15H20O3/c1-11-3-4-13(12(2)9-11)10-15(14(16)17)5-7-18-8-6-15/h3-4,9H,5-8,10H2,1-2H3,(H,16,17). The van der Waals surface area contributed by atoms with Crippen molar-refractivity contribution in [3.05, 3.63) is 34.9 Å². The number of hydrogen-bond acceptors (Lipinski definition) is 2. The van der Waals surface area contributed by atoms with Crippen LogP contribution in [-0.4, -0.2) is 24.3 Å². The minimum atomic E-state index is -0.689. The van der Waals surface area contributed by atoms with E-state index < -0.39 is 11.4 Å². The highest BCUT2D eigenvalue weighted by Crippen LogP contribution is 2.35. The molecule has 0 unspecified atom stereocenters. The molecule has 1 fully saturated rings. The third kappa shape index (κ3) is 2.56. The van der Waals surface area contributed by atoms with Gasteiger partial charge in [-0.2, -0.15) is 0 Å². The Bertz CT molecular complexity index is 445. The van der Waals surface area contributed by atoms with Crippen LogP contribution in [0.2, 0.25) is 0 Å². The Morgan fingerprint density at radius 1 is 1.33 bits per heavy atom. The Morgan fingerprint density at radius 3 is 2.56 bits per heavy atom. The minimum Gasteiger partial charge on any atom is -0.481 e. The first-order valence-corrected chi connectivity index (χ1v) is 6.41. The van der Waals surface area contributed by atoms with Crippen molar-refractivity contribution >= 4 is 5.97 Å². The van der Waals surface area contributed by atoms with Crippen molar-refractivity contribution < 1.29 is 14.6 Å². The van der Waals surface area contributed by atoms with E-state index in [1.165, 1.54) is 11.1 Å². The molecule has 1 aromatic rings. The van der Waals surface area contributed by atoms with Crippen molar-refractivity contribution in [2.45, 2.75) is 33.1 Å². The summed E-state index contributed by atoms with van der Waals surface area (Å²) in [4.78, 5) is 11.6. The molecule has 1 aliphatic heterocycles. The van der Waals surface area contributed by atoms with Gasteiger partial charge in [0.2, 0.25) is 0 Å². The molecule has 1 N–H and O–H groups in total. The maximum Gasteiger partial charge on any atom is 0.310 e. The van der Waals surface area contributed by atoms with Crippen LogP contribution in [0.25, 0.3) is 0 Å². The quantitative estimate of drug-likeness (QED) is 0.894. The van der Waals surface area contributed by atoms with E-state index in [0.717, 1.165) is 5.56 Å². The van der Waals surface area contributed by atoms with Crippen LogP contribution in [0.15, 0.2) is 18.2 Å². The molecule has 0 spiro atoms. The Kier molecular flexibility index (Phi) is 3.71. The number of aryl methyl sites for hydroxylation is 2. The second-order valence-electron chi connectivity index (χ2n) is 5.30. The van der Waals surface area contributed by atoms with E-state index in [9.17, 15) is 9.90 Å². The van der Waals surface area contributed by atoms with Gasteiger partial charge in [-0.3, -0.25) is 4.79 Å². The van der Waals surface area contributed by atoms with Gasteiger partial charge < -0.3 is 9.84 Å². The zero-order valence-electron chi connectivity index (χ0n) is 11.0. The van der Waals surface area contributed by atoms with E-state index in [2.05, 4.69) is 32.0 Å². The molecule has 3 nitrogen and oxygen atoms in total. The average Bonchev–Trinajstić information content (AvgIpc) is 2.34. The lowest BCUT2D eigenvalue weighted by atomic mass is 9.74. The highest BCUT2D eigenvalue weighted by Gasteiger charge is 2.40. The van der Waals surface area contributed by atoms with E-state index in [0.29, 0.717) is 32.5 Å². The van der Waals surface area contributed by atoms with Crippen molar-refractivity contribution in [3.63, 3.8) is 0 Å². The lowest BCUT2D eigenvalue weighted by Crippen LogP contribution is -2.39. The van der Waals surface area contributed by atoms with Crippen LogP contribution in [0.5, 0.6) is 0 Å². The van der Waals surface area contributed by atoms with Crippen LogP contribution in [0.4, 0.5) is 0 Å². The van der Waals surface area contributed by atoms with E-state index in [1.54, 1.807) is 0 Å². The summed E-state index contributed by atoms with van der Waals surface area (Å²) in [6, 6.07) is 6.23. The third-order valence-corrected chi connectivity index (χ3v) is 3.93. The number of carboxylic acids is 1. The van der Waals surface area contributed by atoms with Crippen LogP contribution < -0.4 is 0 Å². The molecule has 0 saturated carbocycles. The average molecular weight is 248 g/mol. The number of benzene rings is 1. The predicted molar refractivity (Wildman–Crippen MR) is 69.7 cm³/mol. The second kappa shape index (κ2) is 5.11. The molecule has 0 amide bonds. The first-order valence-electron chi connectivity index (χ1n) is 6.41. The van der Waals surface area contributed by atoms with Crippen LogP contribution in [0.3, 0.4) is 0 Å². The molecule has 1 aliphatic rings. The van der Waals surface area contributed by atoms with Gasteiger partial charge in [0.1, 0.15) is 0 Å². The molecule has 0 bridgehead atoms. The fourth-order valence-corrected chi connectivity index (χ4v) is 2.64. The van der Waals surface area contributed by atoms with Crippen LogP contribution >= 0.6 is 0 Å². The molecule has 0 aromatic heterocycles. The Labute approximate surface area is 108 Å². The normalized spacial score (nSPS) is 18.6.